The summed E-state index contributed by atoms with van der Waals surface area (Å²) in [4.78, 5) is 12.3. The van der Waals surface area contributed by atoms with E-state index in [0.29, 0.717) is 16.7 Å². The van der Waals surface area contributed by atoms with Gasteiger partial charge in [0.2, 0.25) is 5.82 Å². The lowest BCUT2D eigenvalue weighted by Gasteiger charge is -2.10. The van der Waals surface area contributed by atoms with Crippen LogP contribution in [0.25, 0.3) is 11.0 Å². The second kappa shape index (κ2) is 7.73. The average Bonchev–Trinajstić information content (AvgIpc) is 2.99. The number of carbonyl (C=O) groups excluding carboxylic acids is 1. The fourth-order valence-corrected chi connectivity index (χ4v) is 2.75. The first-order chi connectivity index (χ1) is 13.6. The minimum atomic E-state index is -2.24. The van der Waals surface area contributed by atoms with Crippen molar-refractivity contribution < 1.29 is 40.6 Å². The van der Waals surface area contributed by atoms with Crippen LogP contribution in [0.2, 0.25) is 0 Å². The van der Waals surface area contributed by atoms with Crippen molar-refractivity contribution in [2.45, 2.75) is 33.5 Å². The van der Waals surface area contributed by atoms with Gasteiger partial charge in [-0.25, -0.2) is 26.7 Å². The van der Waals surface area contributed by atoms with Gasteiger partial charge in [-0.15, -0.1) is 0 Å². The predicted molar refractivity (Wildman–Crippen MR) is 92.1 cm³/mol. The molecule has 3 aromatic rings. The van der Waals surface area contributed by atoms with Crippen LogP contribution >= 0.6 is 0 Å². The van der Waals surface area contributed by atoms with E-state index >= 15 is 0 Å². The fourth-order valence-electron chi connectivity index (χ4n) is 2.75. The summed E-state index contributed by atoms with van der Waals surface area (Å²) in [5.74, 6) is -10.6. The number of benzene rings is 2. The number of carbonyl (C=O) groups is 1. The number of rotatable bonds is 5. The zero-order valence-corrected chi connectivity index (χ0v) is 15.5. The Bertz CT molecular complexity index is 1080. The first-order valence-corrected chi connectivity index (χ1v) is 8.49. The van der Waals surface area contributed by atoms with Crippen LogP contribution in [0.5, 0.6) is 5.75 Å². The van der Waals surface area contributed by atoms with Gasteiger partial charge in [0.1, 0.15) is 29.3 Å². The maximum absolute atomic E-state index is 13.8. The Kier molecular flexibility index (Phi) is 5.50. The number of esters is 1. The number of ether oxygens (including phenoxy) is 2. The van der Waals surface area contributed by atoms with Crippen molar-refractivity contribution in [1.29, 1.82) is 0 Å². The van der Waals surface area contributed by atoms with Gasteiger partial charge >= 0.3 is 5.97 Å². The van der Waals surface area contributed by atoms with Crippen LogP contribution < -0.4 is 4.74 Å². The number of hydrogen-bond donors (Lipinski definition) is 0. The van der Waals surface area contributed by atoms with Gasteiger partial charge in [0.05, 0.1) is 11.7 Å². The van der Waals surface area contributed by atoms with Crippen molar-refractivity contribution in [2.75, 3.05) is 0 Å². The molecule has 0 radical (unpaired) electrons. The average molecular weight is 414 g/mol. The molecule has 0 spiro atoms. The van der Waals surface area contributed by atoms with Gasteiger partial charge in [0, 0.05) is 5.39 Å². The molecule has 2 aromatic carbocycles. The van der Waals surface area contributed by atoms with Crippen LogP contribution in [0.1, 0.15) is 35.5 Å². The third-order valence-corrected chi connectivity index (χ3v) is 4.07. The van der Waals surface area contributed by atoms with E-state index in [1.807, 2.05) is 0 Å². The molecule has 0 amide bonds. The van der Waals surface area contributed by atoms with Gasteiger partial charge in [-0.3, -0.25) is 0 Å². The Balaban J connectivity index is 1.94. The Morgan fingerprint density at radius 3 is 2.17 bits per heavy atom. The lowest BCUT2D eigenvalue weighted by atomic mass is 10.1. The second-order valence-corrected chi connectivity index (χ2v) is 6.48. The number of aryl methyl sites for hydroxylation is 1. The summed E-state index contributed by atoms with van der Waals surface area (Å²) in [6.45, 7) is 3.99. The summed E-state index contributed by atoms with van der Waals surface area (Å²) in [7, 11) is 0. The van der Waals surface area contributed by atoms with E-state index in [0.717, 1.165) is 0 Å². The second-order valence-electron chi connectivity index (χ2n) is 6.48. The highest BCUT2D eigenvalue weighted by atomic mass is 19.2. The van der Waals surface area contributed by atoms with Crippen molar-refractivity contribution in [1.82, 2.24) is 0 Å². The van der Waals surface area contributed by atoms with Gasteiger partial charge in [0.15, 0.2) is 23.3 Å². The highest BCUT2D eigenvalue weighted by Gasteiger charge is 2.26. The molecule has 1 heterocycles. The molecule has 0 saturated carbocycles. The molecule has 0 aliphatic carbocycles. The molecule has 9 heteroatoms. The van der Waals surface area contributed by atoms with Gasteiger partial charge in [0.25, 0.3) is 0 Å². The summed E-state index contributed by atoms with van der Waals surface area (Å²) >= 11 is 0. The maximum atomic E-state index is 13.8. The molecule has 0 unspecified atom stereocenters. The fraction of sp³-hybridized carbons (Fsp3) is 0.250. The highest BCUT2D eigenvalue weighted by molar-refractivity contribution is 6.04. The summed E-state index contributed by atoms with van der Waals surface area (Å²) in [5.41, 5.74) is -0.624. The third kappa shape index (κ3) is 3.76. The Morgan fingerprint density at radius 1 is 1.00 bits per heavy atom. The largest absolute Gasteiger partial charge is 0.489 e. The lowest BCUT2D eigenvalue weighted by Crippen LogP contribution is -2.12. The SMILES string of the molecule is Cc1oc2ccc(OCc3c(F)c(F)c(F)c(F)c3F)cc2c1C(=O)OC(C)C. The van der Waals surface area contributed by atoms with Gasteiger partial charge in [-0.05, 0) is 39.0 Å². The van der Waals surface area contributed by atoms with E-state index < -0.39 is 47.2 Å². The predicted octanol–water partition coefficient (Wildman–Crippen LogP) is 5.58. The molecule has 0 aliphatic heterocycles. The van der Waals surface area contributed by atoms with Crippen molar-refractivity contribution in [3.05, 3.63) is 64.2 Å². The first-order valence-electron chi connectivity index (χ1n) is 8.49. The van der Waals surface area contributed by atoms with Crippen molar-refractivity contribution >= 4 is 16.9 Å². The summed E-state index contributed by atoms with van der Waals surface area (Å²) in [6.07, 6.45) is -0.375. The summed E-state index contributed by atoms with van der Waals surface area (Å²) < 4.78 is 83.1. The number of furan rings is 1. The molecule has 3 rings (SSSR count). The number of fused-ring (bicyclic) bond motifs is 1. The van der Waals surface area contributed by atoms with E-state index in [1.165, 1.54) is 18.2 Å². The zero-order valence-electron chi connectivity index (χ0n) is 15.5. The molecule has 29 heavy (non-hydrogen) atoms. The minimum Gasteiger partial charge on any atom is -0.489 e. The maximum Gasteiger partial charge on any atom is 0.342 e. The molecular weight excluding hydrogens is 399 g/mol. The standard InChI is InChI=1S/C20H15F5O4/c1-8(2)28-20(26)14-9(3)29-13-5-4-10(6-11(13)14)27-7-12-15(21)17(23)19(25)18(24)16(12)22/h4-6,8H,7H2,1-3H3. The third-order valence-electron chi connectivity index (χ3n) is 4.07. The highest BCUT2D eigenvalue weighted by Crippen LogP contribution is 2.31. The number of halogens is 5. The molecule has 0 N–H and O–H groups in total. The van der Waals surface area contributed by atoms with E-state index in [9.17, 15) is 26.7 Å². The topological polar surface area (TPSA) is 48.7 Å². The molecule has 154 valence electrons. The minimum absolute atomic E-state index is 0.0286. The summed E-state index contributed by atoms with van der Waals surface area (Å²) in [5, 5.41) is 0.322. The van der Waals surface area contributed by atoms with Crippen LogP contribution in [0.15, 0.2) is 22.6 Å². The molecule has 4 nitrogen and oxygen atoms in total. The molecule has 0 bridgehead atoms. The van der Waals surface area contributed by atoms with E-state index in [-0.39, 0.29) is 17.4 Å². The van der Waals surface area contributed by atoms with E-state index in [2.05, 4.69) is 0 Å². The van der Waals surface area contributed by atoms with Crippen LogP contribution in [-0.4, -0.2) is 12.1 Å². The van der Waals surface area contributed by atoms with Gasteiger partial charge in [-0.2, -0.15) is 0 Å². The molecular formula is C20H15F5O4. The number of hydrogen-bond acceptors (Lipinski definition) is 4. The zero-order chi connectivity index (χ0) is 21.5. The van der Waals surface area contributed by atoms with Crippen molar-refractivity contribution in [3.63, 3.8) is 0 Å². The smallest absolute Gasteiger partial charge is 0.342 e. The van der Waals surface area contributed by atoms with E-state index in [1.54, 1.807) is 20.8 Å². The molecule has 0 aliphatic rings. The Labute approximate surface area is 161 Å². The molecule has 0 fully saturated rings. The monoisotopic (exact) mass is 414 g/mol. The van der Waals surface area contributed by atoms with Crippen molar-refractivity contribution in [2.24, 2.45) is 0 Å². The van der Waals surface area contributed by atoms with E-state index in [4.69, 9.17) is 13.9 Å². The quantitative estimate of drug-likeness (QED) is 0.237. The van der Waals surface area contributed by atoms with Crippen LogP contribution in [-0.2, 0) is 11.3 Å². The van der Waals surface area contributed by atoms with Crippen LogP contribution in [0.3, 0.4) is 0 Å². The lowest BCUT2D eigenvalue weighted by molar-refractivity contribution is 0.0378. The Morgan fingerprint density at radius 2 is 1.59 bits per heavy atom. The van der Waals surface area contributed by atoms with Crippen molar-refractivity contribution in [3.8, 4) is 5.75 Å². The first kappa shape index (κ1) is 20.6. The van der Waals surface area contributed by atoms with Crippen LogP contribution in [0, 0.1) is 36.0 Å². The van der Waals surface area contributed by atoms with Crippen LogP contribution in [0.4, 0.5) is 22.0 Å². The Hall–Kier alpha value is -3.10. The van der Waals surface area contributed by atoms with Gasteiger partial charge in [-0.1, -0.05) is 0 Å². The summed E-state index contributed by atoms with van der Waals surface area (Å²) in [6, 6.07) is 4.17. The molecule has 1 aromatic heterocycles. The molecule has 0 atom stereocenters. The van der Waals surface area contributed by atoms with Gasteiger partial charge < -0.3 is 13.9 Å². The normalized spacial score (nSPS) is 11.3. The molecule has 0 saturated heterocycles.